The number of hydrogen-bond acceptors (Lipinski definition) is 5. The number of thiocarbonyl (C=S) groups is 1. The smallest absolute Gasteiger partial charge is 0.339 e. The fourth-order valence-corrected chi connectivity index (χ4v) is 1.85. The molecule has 0 bridgehead atoms. The maximum absolute atomic E-state index is 10.8. The van der Waals surface area contributed by atoms with Crippen molar-refractivity contribution in [1.82, 2.24) is 5.06 Å². The number of urea groups is 1. The van der Waals surface area contributed by atoms with Gasteiger partial charge in [0.25, 0.3) is 5.95 Å². The van der Waals surface area contributed by atoms with Gasteiger partial charge in [-0.15, -0.1) is 0 Å². The summed E-state index contributed by atoms with van der Waals surface area (Å²) in [5.74, 6) is 1.53. The van der Waals surface area contributed by atoms with E-state index in [0.717, 1.165) is 4.86 Å². The lowest BCUT2D eigenvalue weighted by atomic mass is 10.2. The van der Waals surface area contributed by atoms with Gasteiger partial charge in [0.1, 0.15) is 11.5 Å². The van der Waals surface area contributed by atoms with Crippen molar-refractivity contribution >= 4 is 29.2 Å². The molecule has 0 aliphatic heterocycles. The molecule has 1 aliphatic carbocycles. The van der Waals surface area contributed by atoms with E-state index in [1.165, 1.54) is 0 Å². The molecule has 1 atom stereocenters. The molecular formula is C15H16N2O4S. The van der Waals surface area contributed by atoms with E-state index in [2.05, 4.69) is 0 Å². The zero-order valence-electron chi connectivity index (χ0n) is 11.9. The Bertz CT molecular complexity index is 660. The van der Waals surface area contributed by atoms with Crippen LogP contribution in [0.5, 0.6) is 5.95 Å². The highest BCUT2D eigenvalue weighted by atomic mass is 32.1. The second-order valence-corrected chi connectivity index (χ2v) is 5.18. The molecular weight excluding hydrogens is 304 g/mol. The standard InChI is InChI=1S/C15H16N2O4S/c1-10(17(19)15(16)18)2-3-11-6-9-14(20-11)21-12-4-7-13(22)8-5-12/h2-7,9-10,19H,8H2,1H3,(H2,16,18)/b3-2+. The number of rotatable bonds is 5. The van der Waals surface area contributed by atoms with Crippen molar-refractivity contribution in [3.8, 4) is 5.95 Å². The van der Waals surface area contributed by atoms with Crippen LogP contribution in [0.15, 0.2) is 46.6 Å². The monoisotopic (exact) mass is 320 g/mol. The third kappa shape index (κ3) is 4.31. The number of ether oxygens (including phenoxy) is 1. The summed E-state index contributed by atoms with van der Waals surface area (Å²) < 4.78 is 11.0. The number of carbonyl (C=O) groups excluding carboxylic acids is 1. The lowest BCUT2D eigenvalue weighted by Crippen LogP contribution is -2.38. The molecule has 2 rings (SSSR count). The molecule has 1 aromatic heterocycles. The van der Waals surface area contributed by atoms with Crippen LogP contribution in [0.2, 0.25) is 0 Å². The van der Waals surface area contributed by atoms with Gasteiger partial charge in [-0.3, -0.25) is 5.21 Å². The molecule has 22 heavy (non-hydrogen) atoms. The first kappa shape index (κ1) is 16.0. The predicted octanol–water partition coefficient (Wildman–Crippen LogP) is 3.04. The van der Waals surface area contributed by atoms with Gasteiger partial charge in [-0.05, 0) is 37.3 Å². The molecule has 0 saturated heterocycles. The van der Waals surface area contributed by atoms with Crippen molar-refractivity contribution < 1.29 is 19.2 Å². The summed E-state index contributed by atoms with van der Waals surface area (Å²) in [5, 5.41) is 9.77. The Morgan fingerprint density at radius 3 is 2.95 bits per heavy atom. The molecule has 6 nitrogen and oxygen atoms in total. The van der Waals surface area contributed by atoms with Gasteiger partial charge < -0.3 is 14.9 Å². The first-order valence-electron chi connectivity index (χ1n) is 6.60. The number of amides is 2. The molecule has 3 N–H and O–H groups in total. The fraction of sp³-hybridized carbons (Fsp3) is 0.200. The second kappa shape index (κ2) is 7.06. The third-order valence-electron chi connectivity index (χ3n) is 2.91. The summed E-state index contributed by atoms with van der Waals surface area (Å²) in [6.07, 6.45) is 9.33. The van der Waals surface area contributed by atoms with Gasteiger partial charge in [0.15, 0.2) is 0 Å². The van der Waals surface area contributed by atoms with Crippen molar-refractivity contribution in [1.29, 1.82) is 0 Å². The number of hydroxylamine groups is 2. The van der Waals surface area contributed by atoms with Crippen LogP contribution in [0.3, 0.4) is 0 Å². The van der Waals surface area contributed by atoms with Gasteiger partial charge >= 0.3 is 6.03 Å². The summed E-state index contributed by atoms with van der Waals surface area (Å²) in [7, 11) is 0. The fourth-order valence-electron chi connectivity index (χ4n) is 1.70. The van der Waals surface area contributed by atoms with E-state index in [1.54, 1.807) is 37.3 Å². The lowest BCUT2D eigenvalue weighted by molar-refractivity contribution is -0.0560. The highest BCUT2D eigenvalue weighted by Gasteiger charge is 2.12. The van der Waals surface area contributed by atoms with Crippen molar-refractivity contribution in [2.45, 2.75) is 19.4 Å². The van der Waals surface area contributed by atoms with Gasteiger partial charge in [-0.2, -0.15) is 5.06 Å². The Hall–Kier alpha value is -2.38. The highest BCUT2D eigenvalue weighted by Crippen LogP contribution is 2.21. The summed E-state index contributed by atoms with van der Waals surface area (Å²) >= 11 is 5.05. The largest absolute Gasteiger partial charge is 0.426 e. The Morgan fingerprint density at radius 2 is 2.32 bits per heavy atom. The van der Waals surface area contributed by atoms with Crippen LogP contribution < -0.4 is 10.5 Å². The van der Waals surface area contributed by atoms with Crippen LogP contribution in [0.25, 0.3) is 6.08 Å². The Morgan fingerprint density at radius 1 is 1.55 bits per heavy atom. The van der Waals surface area contributed by atoms with E-state index in [-0.39, 0.29) is 0 Å². The number of carbonyl (C=O) groups is 1. The quantitative estimate of drug-likeness (QED) is 0.494. The summed E-state index contributed by atoms with van der Waals surface area (Å²) in [6.45, 7) is 1.61. The van der Waals surface area contributed by atoms with Crippen molar-refractivity contribution in [2.75, 3.05) is 0 Å². The van der Waals surface area contributed by atoms with Gasteiger partial charge in [-0.1, -0.05) is 18.3 Å². The first-order valence-corrected chi connectivity index (χ1v) is 7.01. The van der Waals surface area contributed by atoms with E-state index in [1.807, 2.05) is 12.2 Å². The normalized spacial score (nSPS) is 15.7. The minimum Gasteiger partial charge on any atom is -0.426 e. The molecule has 0 aromatic carbocycles. The second-order valence-electron chi connectivity index (χ2n) is 4.65. The zero-order chi connectivity index (χ0) is 16.1. The van der Waals surface area contributed by atoms with E-state index < -0.39 is 12.1 Å². The average molecular weight is 320 g/mol. The molecule has 7 heteroatoms. The van der Waals surface area contributed by atoms with Gasteiger partial charge in [-0.25, -0.2) is 4.79 Å². The Labute approximate surface area is 133 Å². The number of nitrogens with zero attached hydrogens (tertiary/aromatic N) is 1. The van der Waals surface area contributed by atoms with Crippen LogP contribution >= 0.6 is 12.2 Å². The predicted molar refractivity (Wildman–Crippen MR) is 85.5 cm³/mol. The molecule has 1 aromatic rings. The molecule has 0 radical (unpaired) electrons. The van der Waals surface area contributed by atoms with Crippen molar-refractivity contribution in [2.24, 2.45) is 5.73 Å². The number of furan rings is 1. The molecule has 2 amide bonds. The lowest BCUT2D eigenvalue weighted by Gasteiger charge is -2.16. The Kier molecular flexibility index (Phi) is 5.13. The highest BCUT2D eigenvalue weighted by molar-refractivity contribution is 7.80. The molecule has 1 aliphatic rings. The molecule has 0 spiro atoms. The summed E-state index contributed by atoms with van der Waals surface area (Å²) in [6, 6.07) is 1.89. The molecule has 0 fully saturated rings. The van der Waals surface area contributed by atoms with Gasteiger partial charge in [0.2, 0.25) is 0 Å². The molecule has 1 unspecified atom stereocenters. The summed E-state index contributed by atoms with van der Waals surface area (Å²) in [4.78, 5) is 11.7. The number of hydrogen-bond donors (Lipinski definition) is 2. The molecule has 1 heterocycles. The van der Waals surface area contributed by atoms with Crippen molar-refractivity contribution in [3.05, 3.63) is 48.0 Å². The first-order chi connectivity index (χ1) is 10.5. The van der Waals surface area contributed by atoms with Crippen LogP contribution in [-0.4, -0.2) is 27.2 Å². The number of primary amides is 1. The van der Waals surface area contributed by atoms with E-state index in [0.29, 0.717) is 28.9 Å². The van der Waals surface area contributed by atoms with E-state index in [4.69, 9.17) is 27.1 Å². The average Bonchev–Trinajstić information content (AvgIpc) is 2.94. The zero-order valence-corrected chi connectivity index (χ0v) is 12.7. The van der Waals surface area contributed by atoms with Crippen molar-refractivity contribution in [3.63, 3.8) is 0 Å². The van der Waals surface area contributed by atoms with Crippen LogP contribution in [0.4, 0.5) is 4.79 Å². The van der Waals surface area contributed by atoms with E-state index in [9.17, 15) is 10.0 Å². The molecule has 0 saturated carbocycles. The van der Waals surface area contributed by atoms with Crippen LogP contribution in [-0.2, 0) is 0 Å². The van der Waals surface area contributed by atoms with Gasteiger partial charge in [0, 0.05) is 17.4 Å². The maximum Gasteiger partial charge on any atom is 0.339 e. The minimum absolute atomic E-state index is 0.340. The van der Waals surface area contributed by atoms with Gasteiger partial charge in [0.05, 0.1) is 6.04 Å². The van der Waals surface area contributed by atoms with Crippen LogP contribution in [0, 0.1) is 0 Å². The number of allylic oxidation sites excluding steroid dienone is 3. The molecule has 116 valence electrons. The maximum atomic E-state index is 10.8. The van der Waals surface area contributed by atoms with E-state index >= 15 is 0 Å². The topological polar surface area (TPSA) is 88.9 Å². The third-order valence-corrected chi connectivity index (χ3v) is 3.21. The minimum atomic E-state index is -0.922. The SMILES string of the molecule is CC(/C=C/c1ccc(OC2=CCC(=S)C=C2)o1)N(O)C(N)=O. The van der Waals surface area contributed by atoms with Crippen LogP contribution in [0.1, 0.15) is 19.1 Å². The number of nitrogens with two attached hydrogens (primary N) is 1. The Balaban J connectivity index is 1.96. The summed E-state index contributed by atoms with van der Waals surface area (Å²) in [5.41, 5.74) is 4.96.